The summed E-state index contributed by atoms with van der Waals surface area (Å²) in [5.41, 5.74) is 2.54. The molecular formula is C18H20N2OS. The van der Waals surface area contributed by atoms with Crippen molar-refractivity contribution in [3.63, 3.8) is 0 Å². The number of benzene rings is 2. The largest absolute Gasteiger partial charge is 0.385 e. The summed E-state index contributed by atoms with van der Waals surface area (Å²) in [6.07, 6.45) is 0. The molecule has 1 heterocycles. The molecule has 4 heteroatoms. The molecule has 1 unspecified atom stereocenters. The Morgan fingerprint density at radius 2 is 1.86 bits per heavy atom. The number of aromatic nitrogens is 1. The van der Waals surface area contributed by atoms with Gasteiger partial charge in [0.2, 0.25) is 0 Å². The average molecular weight is 312 g/mol. The molecule has 3 rings (SSSR count). The standard InChI is InChI=1S/C18H20N2OS/c1-3-19-16-10-6-4-8-14(16)13(2)12-20-18(21)15-9-5-7-11-17(15)22-20/h4-11,13,19H,3,12H2,1-2H3. The van der Waals surface area contributed by atoms with Crippen molar-refractivity contribution in [3.05, 3.63) is 64.4 Å². The van der Waals surface area contributed by atoms with Crippen LogP contribution in [0.2, 0.25) is 0 Å². The molecule has 0 aliphatic rings. The van der Waals surface area contributed by atoms with Crippen molar-refractivity contribution in [2.24, 2.45) is 0 Å². The van der Waals surface area contributed by atoms with Gasteiger partial charge in [-0.05, 0) is 30.7 Å². The van der Waals surface area contributed by atoms with E-state index < -0.39 is 0 Å². The monoisotopic (exact) mass is 312 g/mol. The van der Waals surface area contributed by atoms with Gasteiger partial charge in [-0.1, -0.05) is 48.8 Å². The summed E-state index contributed by atoms with van der Waals surface area (Å²) in [5, 5.41) is 4.22. The fourth-order valence-corrected chi connectivity index (χ4v) is 3.87. The van der Waals surface area contributed by atoms with E-state index in [-0.39, 0.29) is 11.5 Å². The lowest BCUT2D eigenvalue weighted by Crippen LogP contribution is -2.17. The quantitative estimate of drug-likeness (QED) is 0.762. The normalized spacial score (nSPS) is 12.5. The predicted octanol–water partition coefficient (Wildman–Crippen LogP) is 4.30. The average Bonchev–Trinajstić information content (AvgIpc) is 2.85. The number of para-hydroxylation sites is 1. The highest BCUT2D eigenvalue weighted by Crippen LogP contribution is 2.27. The smallest absolute Gasteiger partial charge is 0.268 e. The van der Waals surface area contributed by atoms with Gasteiger partial charge in [0.05, 0.1) is 10.1 Å². The molecule has 3 nitrogen and oxygen atoms in total. The van der Waals surface area contributed by atoms with Crippen LogP contribution in [0, 0.1) is 0 Å². The maximum Gasteiger partial charge on any atom is 0.268 e. The number of anilines is 1. The summed E-state index contributed by atoms with van der Waals surface area (Å²) in [7, 11) is 0. The molecule has 1 atom stereocenters. The maximum atomic E-state index is 12.5. The van der Waals surface area contributed by atoms with E-state index in [0.717, 1.165) is 22.3 Å². The topological polar surface area (TPSA) is 34.0 Å². The van der Waals surface area contributed by atoms with Crippen molar-refractivity contribution < 1.29 is 0 Å². The van der Waals surface area contributed by atoms with Crippen molar-refractivity contribution in [2.75, 3.05) is 11.9 Å². The summed E-state index contributed by atoms with van der Waals surface area (Å²) in [5.74, 6) is 0.279. The van der Waals surface area contributed by atoms with Gasteiger partial charge in [0, 0.05) is 24.7 Å². The summed E-state index contributed by atoms with van der Waals surface area (Å²) in [6, 6.07) is 16.2. The van der Waals surface area contributed by atoms with E-state index in [2.05, 4.69) is 37.4 Å². The van der Waals surface area contributed by atoms with Gasteiger partial charge in [0.15, 0.2) is 0 Å². The Kier molecular flexibility index (Phi) is 4.29. The minimum absolute atomic E-state index is 0.119. The molecule has 0 bridgehead atoms. The van der Waals surface area contributed by atoms with Crippen molar-refractivity contribution in [2.45, 2.75) is 26.3 Å². The van der Waals surface area contributed by atoms with Crippen molar-refractivity contribution in [1.29, 1.82) is 0 Å². The van der Waals surface area contributed by atoms with E-state index in [9.17, 15) is 4.79 Å². The van der Waals surface area contributed by atoms with Crippen LogP contribution in [-0.2, 0) is 6.54 Å². The highest BCUT2D eigenvalue weighted by Gasteiger charge is 2.14. The third kappa shape index (κ3) is 2.79. The second-order valence-electron chi connectivity index (χ2n) is 5.47. The third-order valence-electron chi connectivity index (χ3n) is 3.85. The molecule has 22 heavy (non-hydrogen) atoms. The fraction of sp³-hybridized carbons (Fsp3) is 0.278. The van der Waals surface area contributed by atoms with Crippen LogP contribution in [0.25, 0.3) is 10.1 Å². The van der Waals surface area contributed by atoms with Gasteiger partial charge in [0.25, 0.3) is 5.56 Å². The molecule has 0 amide bonds. The molecule has 0 radical (unpaired) electrons. The van der Waals surface area contributed by atoms with Crippen LogP contribution in [-0.4, -0.2) is 10.5 Å². The van der Waals surface area contributed by atoms with E-state index in [1.807, 2.05) is 34.3 Å². The number of hydrogen-bond donors (Lipinski definition) is 1. The summed E-state index contributed by atoms with van der Waals surface area (Å²) in [6.45, 7) is 5.87. The van der Waals surface area contributed by atoms with E-state index in [1.54, 1.807) is 11.5 Å². The molecular weight excluding hydrogens is 292 g/mol. The van der Waals surface area contributed by atoms with E-state index >= 15 is 0 Å². The number of hydrogen-bond acceptors (Lipinski definition) is 3. The van der Waals surface area contributed by atoms with Crippen LogP contribution in [0.15, 0.2) is 53.3 Å². The minimum atomic E-state index is 0.119. The molecule has 0 saturated carbocycles. The SMILES string of the molecule is CCNc1ccccc1C(C)Cn1sc2ccccc2c1=O. The van der Waals surface area contributed by atoms with Crippen molar-refractivity contribution in [3.8, 4) is 0 Å². The lowest BCUT2D eigenvalue weighted by Gasteiger charge is -2.17. The first-order valence-electron chi connectivity index (χ1n) is 7.62. The van der Waals surface area contributed by atoms with Gasteiger partial charge in [-0.25, -0.2) is 0 Å². The van der Waals surface area contributed by atoms with E-state index in [4.69, 9.17) is 0 Å². The Labute approximate surface area is 134 Å². The maximum absolute atomic E-state index is 12.5. The zero-order chi connectivity index (χ0) is 15.5. The van der Waals surface area contributed by atoms with E-state index in [1.165, 1.54) is 5.56 Å². The fourth-order valence-electron chi connectivity index (χ4n) is 2.76. The summed E-state index contributed by atoms with van der Waals surface area (Å²) >= 11 is 1.55. The van der Waals surface area contributed by atoms with Crippen molar-refractivity contribution >= 4 is 27.3 Å². The third-order valence-corrected chi connectivity index (χ3v) is 4.94. The Bertz CT molecular complexity index is 834. The first-order chi connectivity index (χ1) is 10.7. The first kappa shape index (κ1) is 14.9. The lowest BCUT2D eigenvalue weighted by molar-refractivity contribution is 0.624. The van der Waals surface area contributed by atoms with Gasteiger partial charge < -0.3 is 5.32 Å². The number of fused-ring (bicyclic) bond motifs is 1. The predicted molar refractivity (Wildman–Crippen MR) is 95.1 cm³/mol. The van der Waals surface area contributed by atoms with E-state index in [0.29, 0.717) is 6.54 Å². The van der Waals surface area contributed by atoms with Gasteiger partial charge in [-0.2, -0.15) is 0 Å². The van der Waals surface area contributed by atoms with Crippen LogP contribution in [0.4, 0.5) is 5.69 Å². The second-order valence-corrected chi connectivity index (χ2v) is 6.54. The molecule has 0 spiro atoms. The van der Waals surface area contributed by atoms with Gasteiger partial charge >= 0.3 is 0 Å². The minimum Gasteiger partial charge on any atom is -0.385 e. The molecule has 0 aliphatic heterocycles. The number of nitrogens with one attached hydrogen (secondary N) is 1. The summed E-state index contributed by atoms with van der Waals surface area (Å²) in [4.78, 5) is 12.5. The highest BCUT2D eigenvalue weighted by molar-refractivity contribution is 7.13. The molecule has 2 aromatic carbocycles. The van der Waals surface area contributed by atoms with Crippen LogP contribution in [0.1, 0.15) is 25.3 Å². The molecule has 0 fully saturated rings. The Morgan fingerprint density at radius 3 is 2.64 bits per heavy atom. The Hall–Kier alpha value is -2.07. The lowest BCUT2D eigenvalue weighted by atomic mass is 9.99. The van der Waals surface area contributed by atoms with Crippen molar-refractivity contribution in [1.82, 2.24) is 3.96 Å². The van der Waals surface area contributed by atoms with Gasteiger partial charge in [-0.15, -0.1) is 0 Å². The van der Waals surface area contributed by atoms with Crippen LogP contribution in [0.3, 0.4) is 0 Å². The second kappa shape index (κ2) is 6.36. The van der Waals surface area contributed by atoms with Gasteiger partial charge in [0.1, 0.15) is 0 Å². The highest BCUT2D eigenvalue weighted by atomic mass is 32.1. The molecule has 3 aromatic rings. The van der Waals surface area contributed by atoms with Crippen LogP contribution in [0.5, 0.6) is 0 Å². The Balaban J connectivity index is 1.92. The summed E-state index contributed by atoms with van der Waals surface area (Å²) < 4.78 is 2.93. The zero-order valence-corrected chi connectivity index (χ0v) is 13.7. The molecule has 1 N–H and O–H groups in total. The number of nitrogens with zero attached hydrogens (tertiary/aromatic N) is 1. The van der Waals surface area contributed by atoms with Gasteiger partial charge in [-0.3, -0.25) is 8.75 Å². The zero-order valence-electron chi connectivity index (χ0n) is 12.9. The van der Waals surface area contributed by atoms with Crippen LogP contribution < -0.4 is 10.9 Å². The first-order valence-corrected chi connectivity index (χ1v) is 8.39. The molecule has 1 aromatic heterocycles. The molecule has 0 saturated heterocycles. The number of rotatable bonds is 5. The molecule has 0 aliphatic carbocycles. The Morgan fingerprint density at radius 1 is 1.14 bits per heavy atom. The molecule has 114 valence electrons. The van der Waals surface area contributed by atoms with Crippen LogP contribution >= 0.6 is 11.5 Å².